The van der Waals surface area contributed by atoms with Gasteiger partial charge in [-0.3, -0.25) is 4.79 Å². The summed E-state index contributed by atoms with van der Waals surface area (Å²) in [6.45, 7) is 2.11. The van der Waals surface area contributed by atoms with E-state index in [0.717, 1.165) is 22.4 Å². The molecule has 0 fully saturated rings. The van der Waals surface area contributed by atoms with E-state index in [1.807, 2.05) is 42.5 Å². The number of hydrogen-bond acceptors (Lipinski definition) is 3. The summed E-state index contributed by atoms with van der Waals surface area (Å²) >= 11 is 1.59. The first-order valence-corrected chi connectivity index (χ1v) is 7.73. The lowest BCUT2D eigenvalue weighted by Crippen LogP contribution is -2.28. The van der Waals surface area contributed by atoms with Crippen LogP contribution >= 0.6 is 11.8 Å². The Kier molecular flexibility index (Phi) is 3.64. The number of rotatable bonds is 3. The summed E-state index contributed by atoms with van der Waals surface area (Å²) < 4.78 is 0. The van der Waals surface area contributed by atoms with Crippen LogP contribution < -0.4 is 5.73 Å². The molecule has 1 aliphatic heterocycles. The quantitative estimate of drug-likeness (QED) is 0.936. The van der Waals surface area contributed by atoms with Crippen LogP contribution in [0.2, 0.25) is 0 Å². The smallest absolute Gasteiger partial charge is 0.179 e. The summed E-state index contributed by atoms with van der Waals surface area (Å²) in [4.78, 5) is 13.6. The molecule has 0 radical (unpaired) electrons. The van der Waals surface area contributed by atoms with Crippen molar-refractivity contribution in [3.8, 4) is 0 Å². The predicted molar refractivity (Wildman–Crippen MR) is 83.2 cm³/mol. The van der Waals surface area contributed by atoms with Crippen LogP contribution in [0.5, 0.6) is 0 Å². The van der Waals surface area contributed by atoms with Gasteiger partial charge < -0.3 is 5.73 Å². The van der Waals surface area contributed by atoms with Crippen molar-refractivity contribution in [1.29, 1.82) is 0 Å². The molecule has 3 rings (SSSR count). The number of carbonyl (C=O) groups excluding carboxylic acids is 1. The van der Waals surface area contributed by atoms with Crippen molar-refractivity contribution >= 4 is 17.5 Å². The second-order valence-electron chi connectivity index (χ2n) is 4.98. The van der Waals surface area contributed by atoms with E-state index < -0.39 is 0 Å². The Morgan fingerprint density at radius 2 is 1.85 bits per heavy atom. The zero-order chi connectivity index (χ0) is 14.1. The lowest BCUT2D eigenvalue weighted by atomic mass is 9.94. The highest BCUT2D eigenvalue weighted by Gasteiger charge is 2.36. The van der Waals surface area contributed by atoms with Crippen molar-refractivity contribution in [3.05, 3.63) is 65.2 Å². The predicted octanol–water partition coefficient (Wildman–Crippen LogP) is 3.61. The molecule has 0 saturated heterocycles. The molecule has 0 aliphatic carbocycles. The van der Waals surface area contributed by atoms with Crippen molar-refractivity contribution in [3.63, 3.8) is 0 Å². The second kappa shape index (κ2) is 5.43. The molecule has 0 saturated carbocycles. The molecule has 2 aromatic rings. The molecule has 102 valence electrons. The highest BCUT2D eigenvalue weighted by Crippen LogP contribution is 2.42. The van der Waals surface area contributed by atoms with Crippen LogP contribution in [0.4, 0.5) is 0 Å². The van der Waals surface area contributed by atoms with Crippen LogP contribution in [-0.4, -0.2) is 11.0 Å². The van der Waals surface area contributed by atoms with Gasteiger partial charge in [0.25, 0.3) is 0 Å². The van der Waals surface area contributed by atoms with Gasteiger partial charge in [-0.05, 0) is 23.6 Å². The molecule has 2 aromatic carbocycles. The van der Waals surface area contributed by atoms with E-state index >= 15 is 0 Å². The van der Waals surface area contributed by atoms with Crippen LogP contribution in [0, 0.1) is 0 Å². The van der Waals surface area contributed by atoms with Gasteiger partial charge in [0.05, 0.1) is 5.25 Å². The van der Waals surface area contributed by atoms with E-state index in [4.69, 9.17) is 5.73 Å². The lowest BCUT2D eigenvalue weighted by molar-refractivity contribution is 0.0983. The number of nitrogens with two attached hydrogens (primary N) is 1. The van der Waals surface area contributed by atoms with Crippen molar-refractivity contribution < 1.29 is 4.79 Å². The lowest BCUT2D eigenvalue weighted by Gasteiger charge is -2.20. The number of benzene rings is 2. The summed E-state index contributed by atoms with van der Waals surface area (Å²) in [7, 11) is 0. The van der Waals surface area contributed by atoms with Crippen molar-refractivity contribution in [2.45, 2.75) is 29.5 Å². The van der Waals surface area contributed by atoms with E-state index in [9.17, 15) is 4.79 Å². The summed E-state index contributed by atoms with van der Waals surface area (Å²) in [5.74, 6) is 0.156. The van der Waals surface area contributed by atoms with Crippen LogP contribution in [0.1, 0.15) is 34.5 Å². The number of ketones is 1. The van der Waals surface area contributed by atoms with Gasteiger partial charge in [0.15, 0.2) is 5.78 Å². The van der Waals surface area contributed by atoms with Gasteiger partial charge in [0.1, 0.15) is 0 Å². The molecule has 0 amide bonds. The number of thioether (sulfide) groups is 1. The van der Waals surface area contributed by atoms with Gasteiger partial charge in [-0.25, -0.2) is 0 Å². The molecule has 2 atom stereocenters. The highest BCUT2D eigenvalue weighted by molar-refractivity contribution is 8.01. The average molecular weight is 283 g/mol. The van der Waals surface area contributed by atoms with Gasteiger partial charge in [-0.2, -0.15) is 0 Å². The van der Waals surface area contributed by atoms with Crippen molar-refractivity contribution in [2.24, 2.45) is 5.73 Å². The number of carbonyl (C=O) groups is 1. The monoisotopic (exact) mass is 283 g/mol. The molecule has 2 N–H and O–H groups in total. The van der Waals surface area contributed by atoms with E-state index in [1.54, 1.807) is 11.8 Å². The van der Waals surface area contributed by atoms with Crippen molar-refractivity contribution in [2.75, 3.05) is 0 Å². The van der Waals surface area contributed by atoms with Crippen LogP contribution in [0.3, 0.4) is 0 Å². The Morgan fingerprint density at radius 1 is 1.15 bits per heavy atom. The Labute approximate surface area is 123 Å². The molecular formula is C17H17NOS. The molecule has 1 aliphatic rings. The molecule has 1 heterocycles. The topological polar surface area (TPSA) is 43.1 Å². The maximum Gasteiger partial charge on any atom is 0.179 e. The molecule has 0 aromatic heterocycles. The maximum atomic E-state index is 12.5. The summed E-state index contributed by atoms with van der Waals surface area (Å²) in [6.07, 6.45) is 0.933. The Bertz CT molecular complexity index is 653. The van der Waals surface area contributed by atoms with Crippen LogP contribution in [-0.2, 0) is 6.42 Å². The van der Waals surface area contributed by atoms with Crippen molar-refractivity contribution in [1.82, 2.24) is 0 Å². The minimum absolute atomic E-state index is 0.156. The second-order valence-corrected chi connectivity index (χ2v) is 6.16. The first kappa shape index (κ1) is 13.4. The Hall–Kier alpha value is -1.58. The normalized spacial score (nSPS) is 18.9. The standard InChI is InChI=1S/C17H17NOS/c1-2-11-7-3-4-8-12(11)15(18)17-16(19)13-9-5-6-10-14(13)20-17/h3-10,15,17H,2,18H2,1H3. The third kappa shape index (κ3) is 2.17. The van der Waals surface area contributed by atoms with Gasteiger partial charge in [0.2, 0.25) is 0 Å². The minimum atomic E-state index is -0.254. The van der Waals surface area contributed by atoms with E-state index in [2.05, 4.69) is 13.0 Å². The first-order valence-electron chi connectivity index (χ1n) is 6.85. The van der Waals surface area contributed by atoms with Gasteiger partial charge >= 0.3 is 0 Å². The van der Waals surface area contributed by atoms with E-state index in [0.29, 0.717) is 0 Å². The van der Waals surface area contributed by atoms with Crippen LogP contribution in [0.15, 0.2) is 53.4 Å². The number of aryl methyl sites for hydroxylation is 1. The van der Waals surface area contributed by atoms with Gasteiger partial charge in [-0.15, -0.1) is 11.8 Å². The van der Waals surface area contributed by atoms with Gasteiger partial charge in [0, 0.05) is 16.5 Å². The summed E-state index contributed by atoms with van der Waals surface area (Å²) in [5, 5.41) is -0.208. The summed E-state index contributed by atoms with van der Waals surface area (Å²) in [6, 6.07) is 15.7. The fraction of sp³-hybridized carbons (Fsp3) is 0.235. The highest BCUT2D eigenvalue weighted by atomic mass is 32.2. The van der Waals surface area contributed by atoms with E-state index in [-0.39, 0.29) is 17.1 Å². The van der Waals surface area contributed by atoms with Crippen LogP contribution in [0.25, 0.3) is 0 Å². The largest absolute Gasteiger partial charge is 0.323 e. The van der Waals surface area contributed by atoms with E-state index in [1.165, 1.54) is 5.56 Å². The minimum Gasteiger partial charge on any atom is -0.323 e. The average Bonchev–Trinajstić information content (AvgIpc) is 2.84. The Balaban J connectivity index is 1.94. The molecule has 2 unspecified atom stereocenters. The zero-order valence-corrected chi connectivity index (χ0v) is 12.2. The Morgan fingerprint density at radius 3 is 2.60 bits per heavy atom. The molecular weight excluding hydrogens is 266 g/mol. The summed E-state index contributed by atoms with van der Waals surface area (Å²) in [5.41, 5.74) is 9.53. The molecule has 0 spiro atoms. The SMILES string of the molecule is CCc1ccccc1C(N)C1Sc2ccccc2C1=O. The third-order valence-corrected chi connectivity index (χ3v) is 5.16. The molecule has 3 heteroatoms. The fourth-order valence-corrected chi connectivity index (χ4v) is 3.95. The number of hydrogen-bond donors (Lipinski definition) is 1. The number of fused-ring (bicyclic) bond motifs is 1. The maximum absolute atomic E-state index is 12.5. The first-order chi connectivity index (χ1) is 9.72. The third-order valence-electron chi connectivity index (χ3n) is 3.79. The zero-order valence-electron chi connectivity index (χ0n) is 11.4. The van der Waals surface area contributed by atoms with Gasteiger partial charge in [-0.1, -0.05) is 49.4 Å². The molecule has 2 nitrogen and oxygen atoms in total. The molecule has 20 heavy (non-hydrogen) atoms. The molecule has 0 bridgehead atoms. The fourth-order valence-electron chi connectivity index (χ4n) is 2.70. The number of Topliss-reactive ketones (excluding diaryl/α,β-unsaturated/α-hetero) is 1.